The van der Waals surface area contributed by atoms with E-state index in [2.05, 4.69) is 28.2 Å². The van der Waals surface area contributed by atoms with Crippen molar-refractivity contribution in [1.29, 1.82) is 5.26 Å². The van der Waals surface area contributed by atoms with Gasteiger partial charge in [-0.15, -0.1) is 0 Å². The summed E-state index contributed by atoms with van der Waals surface area (Å²) in [6.07, 6.45) is 3.96. The van der Waals surface area contributed by atoms with Crippen molar-refractivity contribution in [2.24, 2.45) is 5.73 Å². The fourth-order valence-corrected chi connectivity index (χ4v) is 3.83. The number of amides is 1. The number of nitrogens with one attached hydrogen (secondary N) is 1. The van der Waals surface area contributed by atoms with Gasteiger partial charge in [0, 0.05) is 24.8 Å². The summed E-state index contributed by atoms with van der Waals surface area (Å²) in [5, 5.41) is 21.7. The fraction of sp³-hybridized carbons (Fsp3) is 0.579. The minimum atomic E-state index is -0.971. The smallest absolute Gasteiger partial charge is 0.335 e. The molecule has 28 heavy (non-hydrogen) atoms. The van der Waals surface area contributed by atoms with Gasteiger partial charge in [-0.3, -0.25) is 4.79 Å². The molecule has 0 bridgehead atoms. The Hall–Kier alpha value is -2.70. The van der Waals surface area contributed by atoms with Gasteiger partial charge in [0.25, 0.3) is 0 Å². The number of hydrogen-bond donors (Lipinski definition) is 3. The monoisotopic (exact) mass is 386 g/mol. The second kappa shape index (κ2) is 8.12. The van der Waals surface area contributed by atoms with E-state index >= 15 is 0 Å². The molecular formula is C19H26N6O3. The van der Waals surface area contributed by atoms with Crippen molar-refractivity contribution in [3.8, 4) is 6.07 Å². The molecule has 3 heterocycles. The first-order valence-electron chi connectivity index (χ1n) is 9.49. The number of carboxylic acid groups (broad SMARTS) is 1. The Bertz CT molecular complexity index is 784. The molecule has 0 radical (unpaired) electrons. The third-order valence-corrected chi connectivity index (χ3v) is 5.72. The normalized spacial score (nSPS) is 24.0. The summed E-state index contributed by atoms with van der Waals surface area (Å²) >= 11 is 0. The number of piperidine rings is 1. The number of nitrogens with zero attached hydrogens (tertiary/aromatic N) is 4. The number of carbonyl (C=O) groups excluding carboxylic acids is 1. The van der Waals surface area contributed by atoms with Crippen molar-refractivity contribution < 1.29 is 14.7 Å². The molecule has 1 aromatic heterocycles. The van der Waals surface area contributed by atoms with Crippen molar-refractivity contribution in [2.45, 2.75) is 50.4 Å². The molecule has 1 amide bonds. The SMILES string of the molecule is CC1(NCC(=O)N2[C@H](N)CC[C@@H]2C#N)CCN(c2cc(C(=O)O)ccn2)CC1. The van der Waals surface area contributed by atoms with Gasteiger partial charge < -0.3 is 26.0 Å². The third-order valence-electron chi connectivity index (χ3n) is 5.72. The van der Waals surface area contributed by atoms with Gasteiger partial charge in [-0.2, -0.15) is 5.26 Å². The van der Waals surface area contributed by atoms with E-state index in [1.165, 1.54) is 17.2 Å². The Morgan fingerprint density at radius 1 is 1.43 bits per heavy atom. The predicted octanol–water partition coefficient (Wildman–Crippen LogP) is 0.528. The van der Waals surface area contributed by atoms with E-state index < -0.39 is 12.0 Å². The summed E-state index contributed by atoms with van der Waals surface area (Å²) in [4.78, 5) is 31.5. The molecule has 9 heteroatoms. The van der Waals surface area contributed by atoms with Crippen LogP contribution in [0.15, 0.2) is 18.3 Å². The van der Waals surface area contributed by atoms with Crippen molar-refractivity contribution in [2.75, 3.05) is 24.5 Å². The second-order valence-corrected chi connectivity index (χ2v) is 7.70. The van der Waals surface area contributed by atoms with Gasteiger partial charge >= 0.3 is 5.97 Å². The van der Waals surface area contributed by atoms with Crippen LogP contribution in [0.1, 0.15) is 43.0 Å². The maximum absolute atomic E-state index is 12.6. The first-order chi connectivity index (χ1) is 13.3. The zero-order chi connectivity index (χ0) is 20.3. The minimum Gasteiger partial charge on any atom is -0.478 e. The molecular weight excluding hydrogens is 360 g/mol. The second-order valence-electron chi connectivity index (χ2n) is 7.70. The number of nitriles is 1. The van der Waals surface area contributed by atoms with Gasteiger partial charge in [0.1, 0.15) is 11.9 Å². The summed E-state index contributed by atoms with van der Waals surface area (Å²) < 4.78 is 0. The highest BCUT2D eigenvalue weighted by atomic mass is 16.4. The molecule has 2 atom stereocenters. The van der Waals surface area contributed by atoms with Gasteiger partial charge in [-0.1, -0.05) is 0 Å². The number of anilines is 1. The van der Waals surface area contributed by atoms with Gasteiger partial charge in [-0.25, -0.2) is 9.78 Å². The summed E-state index contributed by atoms with van der Waals surface area (Å²) in [6.45, 7) is 3.63. The highest BCUT2D eigenvalue weighted by Gasteiger charge is 2.36. The van der Waals surface area contributed by atoms with Crippen LogP contribution in [0.25, 0.3) is 0 Å². The van der Waals surface area contributed by atoms with Crippen LogP contribution in [0, 0.1) is 11.3 Å². The molecule has 2 aliphatic rings. The van der Waals surface area contributed by atoms with Crippen LogP contribution in [0.2, 0.25) is 0 Å². The first-order valence-corrected chi connectivity index (χ1v) is 9.49. The van der Waals surface area contributed by atoms with Crippen molar-refractivity contribution in [3.05, 3.63) is 23.9 Å². The Kier molecular flexibility index (Phi) is 5.82. The van der Waals surface area contributed by atoms with Crippen molar-refractivity contribution in [1.82, 2.24) is 15.2 Å². The standard InChI is InChI=1S/C19H26N6O3/c1-19(23-12-17(26)25-14(11-20)2-3-15(25)21)5-8-24(9-6-19)16-10-13(18(27)28)4-7-22-16/h4,7,10,14-15,23H,2-3,5-6,8-9,12,21H2,1H3,(H,27,28)/t14-,15+/m1/s1. The number of hydrogen-bond acceptors (Lipinski definition) is 7. The lowest BCUT2D eigenvalue weighted by Gasteiger charge is -2.41. The van der Waals surface area contributed by atoms with Crippen molar-refractivity contribution in [3.63, 3.8) is 0 Å². The average Bonchev–Trinajstić information content (AvgIpc) is 3.07. The van der Waals surface area contributed by atoms with Crippen molar-refractivity contribution >= 4 is 17.7 Å². The number of aromatic carboxylic acids is 1. The highest BCUT2D eigenvalue weighted by molar-refractivity contribution is 5.88. The molecule has 2 fully saturated rings. The van der Waals surface area contributed by atoms with Crippen LogP contribution < -0.4 is 16.0 Å². The maximum Gasteiger partial charge on any atom is 0.335 e. The maximum atomic E-state index is 12.6. The van der Waals surface area contributed by atoms with Crippen LogP contribution in [0.5, 0.6) is 0 Å². The number of pyridine rings is 1. The lowest BCUT2D eigenvalue weighted by Crippen LogP contribution is -2.56. The molecule has 0 saturated carbocycles. The molecule has 0 unspecified atom stereocenters. The number of aromatic nitrogens is 1. The average molecular weight is 386 g/mol. The topological polar surface area (TPSA) is 136 Å². The Labute approximate surface area is 164 Å². The van der Waals surface area contributed by atoms with Crippen LogP contribution in [-0.2, 0) is 4.79 Å². The van der Waals surface area contributed by atoms with Gasteiger partial charge in [0.2, 0.25) is 5.91 Å². The third kappa shape index (κ3) is 4.24. The van der Waals surface area contributed by atoms with Crippen LogP contribution in [0.3, 0.4) is 0 Å². The summed E-state index contributed by atoms with van der Waals surface area (Å²) in [6, 6.07) is 4.77. The number of carbonyl (C=O) groups is 2. The summed E-state index contributed by atoms with van der Waals surface area (Å²) in [5.74, 6) is -0.463. The van der Waals surface area contributed by atoms with Crippen LogP contribution in [-0.4, -0.2) is 64.2 Å². The molecule has 0 aromatic carbocycles. The molecule has 0 spiro atoms. The van der Waals surface area contributed by atoms with Crippen LogP contribution in [0.4, 0.5) is 5.82 Å². The number of rotatable bonds is 5. The van der Waals surface area contributed by atoms with E-state index in [-0.39, 0.29) is 29.7 Å². The summed E-state index contributed by atoms with van der Waals surface area (Å²) in [5.41, 5.74) is 5.97. The highest BCUT2D eigenvalue weighted by Crippen LogP contribution is 2.26. The minimum absolute atomic E-state index is 0.143. The number of likely N-dealkylation sites (tertiary alicyclic amines) is 1. The fourth-order valence-electron chi connectivity index (χ4n) is 3.83. The zero-order valence-corrected chi connectivity index (χ0v) is 16.0. The Balaban J connectivity index is 1.55. The van der Waals surface area contributed by atoms with E-state index in [0.717, 1.165) is 12.8 Å². The van der Waals surface area contributed by atoms with Gasteiger partial charge in [-0.05, 0) is 44.7 Å². The Morgan fingerprint density at radius 3 is 2.79 bits per heavy atom. The molecule has 2 aliphatic heterocycles. The van der Waals surface area contributed by atoms with E-state index in [1.807, 2.05) is 0 Å². The van der Waals surface area contributed by atoms with E-state index in [9.17, 15) is 14.9 Å². The van der Waals surface area contributed by atoms with Gasteiger partial charge in [0.15, 0.2) is 0 Å². The van der Waals surface area contributed by atoms with Gasteiger partial charge in [0.05, 0.1) is 24.3 Å². The van der Waals surface area contributed by atoms with Crippen LogP contribution >= 0.6 is 0 Å². The first kappa shape index (κ1) is 20.0. The Morgan fingerprint density at radius 2 is 2.14 bits per heavy atom. The molecule has 0 aliphatic carbocycles. The molecule has 2 saturated heterocycles. The molecule has 1 aromatic rings. The summed E-state index contributed by atoms with van der Waals surface area (Å²) in [7, 11) is 0. The predicted molar refractivity (Wildman–Crippen MR) is 103 cm³/mol. The molecule has 3 rings (SSSR count). The molecule has 4 N–H and O–H groups in total. The zero-order valence-electron chi connectivity index (χ0n) is 16.0. The number of nitrogens with two attached hydrogens (primary N) is 1. The quantitative estimate of drug-likeness (QED) is 0.667. The van der Waals surface area contributed by atoms with E-state index in [4.69, 9.17) is 10.8 Å². The molecule has 150 valence electrons. The number of carboxylic acids is 1. The lowest BCUT2D eigenvalue weighted by molar-refractivity contribution is -0.132. The largest absolute Gasteiger partial charge is 0.478 e. The van der Waals surface area contributed by atoms with E-state index in [0.29, 0.717) is 31.7 Å². The lowest BCUT2D eigenvalue weighted by atomic mass is 9.89. The van der Waals surface area contributed by atoms with E-state index in [1.54, 1.807) is 6.07 Å². The molecule has 9 nitrogen and oxygen atoms in total.